The van der Waals surface area contributed by atoms with Crippen LogP contribution in [0, 0.1) is 0 Å². The van der Waals surface area contributed by atoms with Crippen LogP contribution in [0.5, 0.6) is 0 Å². The number of rotatable bonds is 7. The summed E-state index contributed by atoms with van der Waals surface area (Å²) >= 11 is 0. The maximum atomic E-state index is 13.4. The van der Waals surface area contributed by atoms with Crippen LogP contribution < -0.4 is 0 Å². The van der Waals surface area contributed by atoms with Gasteiger partial charge in [-0.05, 0) is 75.4 Å². The number of piperazine rings is 1. The molecule has 2 aromatic carbocycles. The number of carbonyl (C=O) groups is 2. The summed E-state index contributed by atoms with van der Waals surface area (Å²) in [7, 11) is 0. The fourth-order valence-corrected chi connectivity index (χ4v) is 5.96. The van der Waals surface area contributed by atoms with Crippen molar-refractivity contribution in [1.29, 1.82) is 0 Å². The topological polar surface area (TPSA) is 86.2 Å². The van der Waals surface area contributed by atoms with Crippen LogP contribution in [0.3, 0.4) is 0 Å². The van der Waals surface area contributed by atoms with Gasteiger partial charge in [-0.2, -0.15) is 0 Å². The van der Waals surface area contributed by atoms with Crippen molar-refractivity contribution in [2.75, 3.05) is 26.2 Å². The molecule has 2 aliphatic rings. The third-order valence-electron chi connectivity index (χ3n) is 8.10. The Bertz CT molecular complexity index is 1320. The van der Waals surface area contributed by atoms with Crippen LogP contribution in [0.25, 0.3) is 0 Å². The first-order chi connectivity index (χ1) is 20.2. The minimum atomic E-state index is -0.798. The summed E-state index contributed by atoms with van der Waals surface area (Å²) in [6, 6.07) is 22.7. The van der Waals surface area contributed by atoms with Crippen LogP contribution in [0.15, 0.2) is 79.0 Å². The minimum absolute atomic E-state index is 0.0429. The molecular formula is C34H42N4O4. The van der Waals surface area contributed by atoms with Gasteiger partial charge >= 0.3 is 6.09 Å². The first kappa shape index (κ1) is 29.7. The molecule has 2 fully saturated rings. The molecule has 3 heterocycles. The summed E-state index contributed by atoms with van der Waals surface area (Å²) in [6.45, 7) is 9.37. The Labute approximate surface area is 248 Å². The van der Waals surface area contributed by atoms with Gasteiger partial charge in [-0.15, -0.1) is 0 Å². The molecule has 0 radical (unpaired) electrons. The van der Waals surface area contributed by atoms with Crippen LogP contribution in [-0.4, -0.2) is 80.7 Å². The molecule has 0 aliphatic carbocycles. The molecule has 42 heavy (non-hydrogen) atoms. The Kier molecular flexibility index (Phi) is 9.24. The lowest BCUT2D eigenvalue weighted by Crippen LogP contribution is -2.48. The van der Waals surface area contributed by atoms with E-state index in [0.717, 1.165) is 42.9 Å². The third kappa shape index (κ3) is 7.36. The molecule has 222 valence electrons. The molecule has 0 spiro atoms. The molecule has 1 N–H and O–H groups in total. The Hall–Kier alpha value is -3.75. The standard InChI is InChI=1S/C34H42N4O4/c1-34(2,3)42-33(41)38-29(16-17-30(38)31(39)26-9-5-4-6-10-26)23-25-12-14-27(15-13-25)32(40)37-21-19-36(20-22-37)24-28-11-7-8-18-35-28/h4-15,18,29-31,39H,16-17,19-24H2,1-3H3/t29-,30+,31+/m0/s1. The number of amides is 2. The maximum Gasteiger partial charge on any atom is 0.410 e. The van der Waals surface area contributed by atoms with Gasteiger partial charge in [-0.3, -0.25) is 19.6 Å². The highest BCUT2D eigenvalue weighted by atomic mass is 16.6. The summed E-state index contributed by atoms with van der Waals surface area (Å²) < 4.78 is 5.78. The monoisotopic (exact) mass is 570 g/mol. The smallest absolute Gasteiger partial charge is 0.410 e. The number of carbonyl (C=O) groups excluding carboxylic acids is 2. The van der Waals surface area contributed by atoms with Crippen molar-refractivity contribution in [3.8, 4) is 0 Å². The Morgan fingerprint density at radius 3 is 2.26 bits per heavy atom. The third-order valence-corrected chi connectivity index (χ3v) is 8.10. The molecule has 5 rings (SSSR count). The quantitative estimate of drug-likeness (QED) is 0.426. The lowest BCUT2D eigenvalue weighted by Gasteiger charge is -2.35. The van der Waals surface area contributed by atoms with Crippen molar-refractivity contribution in [3.63, 3.8) is 0 Å². The van der Waals surface area contributed by atoms with E-state index in [1.54, 1.807) is 4.90 Å². The van der Waals surface area contributed by atoms with Gasteiger partial charge < -0.3 is 14.7 Å². The molecule has 8 nitrogen and oxygen atoms in total. The van der Waals surface area contributed by atoms with Gasteiger partial charge in [-0.1, -0.05) is 48.5 Å². The molecule has 2 saturated heterocycles. The number of ether oxygens (including phenoxy) is 1. The number of hydrogen-bond acceptors (Lipinski definition) is 6. The highest BCUT2D eigenvalue weighted by Gasteiger charge is 2.43. The van der Waals surface area contributed by atoms with Gasteiger partial charge in [0.05, 0.1) is 17.8 Å². The average molecular weight is 571 g/mol. The van der Waals surface area contributed by atoms with Gasteiger partial charge in [0.2, 0.25) is 0 Å². The number of pyridine rings is 1. The van der Waals surface area contributed by atoms with E-state index in [4.69, 9.17) is 4.74 Å². The minimum Gasteiger partial charge on any atom is -0.444 e. The second-order valence-electron chi connectivity index (χ2n) is 12.3. The number of nitrogens with zero attached hydrogens (tertiary/aromatic N) is 4. The van der Waals surface area contributed by atoms with E-state index in [0.29, 0.717) is 31.5 Å². The molecule has 3 aromatic rings. The number of benzene rings is 2. The molecule has 2 amide bonds. The number of aliphatic hydroxyl groups excluding tert-OH is 1. The Morgan fingerprint density at radius 1 is 0.929 bits per heavy atom. The number of hydrogen-bond donors (Lipinski definition) is 1. The molecule has 0 unspecified atom stereocenters. The number of aliphatic hydroxyl groups is 1. The van der Waals surface area contributed by atoms with E-state index in [1.165, 1.54) is 0 Å². The fourth-order valence-electron chi connectivity index (χ4n) is 5.96. The largest absolute Gasteiger partial charge is 0.444 e. The van der Waals surface area contributed by atoms with Crippen LogP contribution >= 0.6 is 0 Å². The van der Waals surface area contributed by atoms with E-state index in [2.05, 4.69) is 9.88 Å². The first-order valence-corrected chi connectivity index (χ1v) is 14.9. The molecule has 0 saturated carbocycles. The normalized spacial score (nSPS) is 20.4. The maximum absolute atomic E-state index is 13.4. The van der Waals surface area contributed by atoms with Gasteiger partial charge in [0.15, 0.2) is 0 Å². The van der Waals surface area contributed by atoms with E-state index >= 15 is 0 Å². The van der Waals surface area contributed by atoms with Gasteiger partial charge in [0.1, 0.15) is 5.60 Å². The van der Waals surface area contributed by atoms with Crippen molar-refractivity contribution in [2.24, 2.45) is 0 Å². The van der Waals surface area contributed by atoms with E-state index < -0.39 is 17.8 Å². The lowest BCUT2D eigenvalue weighted by atomic mass is 10.0. The van der Waals surface area contributed by atoms with Gasteiger partial charge in [-0.25, -0.2) is 4.79 Å². The lowest BCUT2D eigenvalue weighted by molar-refractivity contribution is -0.00453. The molecule has 1 aromatic heterocycles. The summed E-state index contributed by atoms with van der Waals surface area (Å²) in [5.41, 5.74) is 2.90. The Morgan fingerprint density at radius 2 is 1.62 bits per heavy atom. The zero-order chi connectivity index (χ0) is 29.7. The molecule has 0 bridgehead atoms. The van der Waals surface area contributed by atoms with Crippen molar-refractivity contribution >= 4 is 12.0 Å². The molecular weight excluding hydrogens is 528 g/mol. The first-order valence-electron chi connectivity index (χ1n) is 14.9. The van der Waals surface area contributed by atoms with E-state index in [-0.39, 0.29) is 18.0 Å². The zero-order valence-electron chi connectivity index (χ0n) is 24.9. The van der Waals surface area contributed by atoms with Gasteiger partial charge in [0, 0.05) is 50.5 Å². The fraction of sp³-hybridized carbons (Fsp3) is 0.441. The van der Waals surface area contributed by atoms with Crippen LogP contribution in [0.1, 0.15) is 66.9 Å². The predicted molar refractivity (Wildman–Crippen MR) is 162 cm³/mol. The number of likely N-dealkylation sites (tertiary alicyclic amines) is 1. The van der Waals surface area contributed by atoms with Crippen molar-refractivity contribution in [2.45, 2.75) is 70.4 Å². The van der Waals surface area contributed by atoms with E-state index in [9.17, 15) is 14.7 Å². The van der Waals surface area contributed by atoms with Crippen LogP contribution in [0.4, 0.5) is 4.79 Å². The zero-order valence-corrected chi connectivity index (χ0v) is 24.9. The van der Waals surface area contributed by atoms with Gasteiger partial charge in [0.25, 0.3) is 5.91 Å². The summed E-state index contributed by atoms with van der Waals surface area (Å²) in [5, 5.41) is 11.2. The average Bonchev–Trinajstić information content (AvgIpc) is 3.41. The summed E-state index contributed by atoms with van der Waals surface area (Å²) in [6.07, 6.45) is 2.68. The second-order valence-corrected chi connectivity index (χ2v) is 12.3. The summed E-state index contributed by atoms with van der Waals surface area (Å²) in [4.78, 5) is 37.0. The summed E-state index contributed by atoms with van der Waals surface area (Å²) in [5.74, 6) is 0.0429. The SMILES string of the molecule is CC(C)(C)OC(=O)N1[C@H](Cc2ccc(C(=O)N3CCN(Cc4ccccn4)CC3)cc2)CC[C@@H]1[C@H](O)c1ccccc1. The van der Waals surface area contributed by atoms with Crippen molar-refractivity contribution in [3.05, 3.63) is 101 Å². The van der Waals surface area contributed by atoms with Crippen LogP contribution in [0.2, 0.25) is 0 Å². The molecule has 8 heteroatoms. The molecule has 3 atom stereocenters. The van der Waals surface area contributed by atoms with Crippen molar-refractivity contribution in [1.82, 2.24) is 19.7 Å². The van der Waals surface area contributed by atoms with Crippen molar-refractivity contribution < 1.29 is 19.4 Å². The Balaban J connectivity index is 1.21. The van der Waals surface area contributed by atoms with E-state index in [1.807, 2.05) is 105 Å². The predicted octanol–water partition coefficient (Wildman–Crippen LogP) is 5.08. The molecule has 2 aliphatic heterocycles. The second kappa shape index (κ2) is 13.0. The number of aromatic nitrogens is 1. The highest BCUT2D eigenvalue weighted by Crippen LogP contribution is 2.36. The van der Waals surface area contributed by atoms with Crippen LogP contribution in [-0.2, 0) is 17.7 Å². The highest BCUT2D eigenvalue weighted by molar-refractivity contribution is 5.94.